The number of ether oxygens (including phenoxy) is 1. The molecule has 0 bridgehead atoms. The van der Waals surface area contributed by atoms with Crippen LogP contribution in [0.5, 0.6) is 0 Å². The molecule has 1 saturated heterocycles. The predicted octanol–water partition coefficient (Wildman–Crippen LogP) is 2.46. The Hall–Kier alpha value is -0.0800. The van der Waals surface area contributed by atoms with Crippen LogP contribution in [-0.2, 0) is 4.74 Å². The van der Waals surface area contributed by atoms with E-state index >= 15 is 0 Å². The molecule has 0 unspecified atom stereocenters. The molecule has 0 aromatic rings. The largest absolute Gasteiger partial charge is 0.379 e. The van der Waals surface area contributed by atoms with Gasteiger partial charge in [-0.25, -0.2) is 0 Å². The van der Waals surface area contributed by atoms with Crippen molar-refractivity contribution in [1.82, 2.24) is 15.5 Å². The number of hydrogen-bond acceptors (Lipinski definition) is 3. The number of morpholine rings is 1. The van der Waals surface area contributed by atoms with Gasteiger partial charge < -0.3 is 15.4 Å². The summed E-state index contributed by atoms with van der Waals surface area (Å²) in [7, 11) is 1.85. The van der Waals surface area contributed by atoms with Crippen molar-refractivity contribution >= 4 is 29.9 Å². The van der Waals surface area contributed by atoms with Crippen LogP contribution in [0.4, 0.5) is 0 Å². The molecule has 5 nitrogen and oxygen atoms in total. The smallest absolute Gasteiger partial charge is 0.191 e. The fraction of sp³-hybridized carbons (Fsp3) is 0.941. The molecule has 1 aliphatic carbocycles. The van der Waals surface area contributed by atoms with Gasteiger partial charge in [0.15, 0.2) is 5.96 Å². The third-order valence-corrected chi connectivity index (χ3v) is 4.85. The average Bonchev–Trinajstić information content (AvgIpc) is 2.59. The van der Waals surface area contributed by atoms with Gasteiger partial charge in [-0.2, -0.15) is 0 Å². The Kier molecular flexibility index (Phi) is 12.1. The van der Waals surface area contributed by atoms with Crippen LogP contribution in [0, 0.1) is 5.92 Å². The number of nitrogens with zero attached hydrogens (tertiary/aromatic N) is 2. The molecule has 1 aliphatic heterocycles. The summed E-state index contributed by atoms with van der Waals surface area (Å²) in [6, 6.07) is 0. The second-order valence-corrected chi connectivity index (χ2v) is 6.53. The van der Waals surface area contributed by atoms with Crippen LogP contribution < -0.4 is 10.6 Å². The van der Waals surface area contributed by atoms with Crippen LogP contribution in [-0.4, -0.2) is 63.8 Å². The third-order valence-electron chi connectivity index (χ3n) is 4.85. The lowest BCUT2D eigenvalue weighted by atomic mass is 9.86. The lowest BCUT2D eigenvalue weighted by Gasteiger charge is -2.26. The molecular formula is C17H35IN4O. The number of halogens is 1. The van der Waals surface area contributed by atoms with Crippen molar-refractivity contribution < 1.29 is 4.74 Å². The molecule has 0 spiro atoms. The highest BCUT2D eigenvalue weighted by molar-refractivity contribution is 14.0. The van der Waals surface area contributed by atoms with Gasteiger partial charge in [-0.15, -0.1) is 24.0 Å². The first-order valence-electron chi connectivity index (χ1n) is 9.13. The summed E-state index contributed by atoms with van der Waals surface area (Å²) in [5, 5.41) is 6.85. The molecule has 0 aromatic heterocycles. The highest BCUT2D eigenvalue weighted by Crippen LogP contribution is 2.26. The van der Waals surface area contributed by atoms with E-state index < -0.39 is 0 Å². The first-order chi connectivity index (χ1) is 10.9. The van der Waals surface area contributed by atoms with Crippen molar-refractivity contribution in [1.29, 1.82) is 0 Å². The van der Waals surface area contributed by atoms with Crippen molar-refractivity contribution in [2.45, 2.75) is 44.9 Å². The van der Waals surface area contributed by atoms with Crippen molar-refractivity contribution in [3.63, 3.8) is 0 Å². The second kappa shape index (κ2) is 13.2. The maximum absolute atomic E-state index is 5.37. The maximum atomic E-state index is 5.37. The van der Waals surface area contributed by atoms with Crippen molar-refractivity contribution in [2.75, 3.05) is 53.0 Å². The molecule has 6 heteroatoms. The van der Waals surface area contributed by atoms with E-state index in [1.54, 1.807) is 0 Å². The molecule has 0 aromatic carbocycles. The van der Waals surface area contributed by atoms with Crippen LogP contribution >= 0.6 is 24.0 Å². The van der Waals surface area contributed by atoms with Gasteiger partial charge in [-0.05, 0) is 18.8 Å². The van der Waals surface area contributed by atoms with E-state index in [0.29, 0.717) is 0 Å². The summed E-state index contributed by atoms with van der Waals surface area (Å²) in [5.41, 5.74) is 0. The van der Waals surface area contributed by atoms with E-state index in [9.17, 15) is 0 Å². The highest BCUT2D eigenvalue weighted by Gasteiger charge is 2.13. The molecule has 2 fully saturated rings. The van der Waals surface area contributed by atoms with Gasteiger partial charge in [-0.1, -0.05) is 32.1 Å². The van der Waals surface area contributed by atoms with Crippen molar-refractivity contribution in [2.24, 2.45) is 10.9 Å². The van der Waals surface area contributed by atoms with Crippen LogP contribution in [0.1, 0.15) is 44.9 Å². The fourth-order valence-electron chi connectivity index (χ4n) is 3.45. The van der Waals surface area contributed by atoms with E-state index in [1.165, 1.54) is 44.9 Å². The molecule has 1 saturated carbocycles. The summed E-state index contributed by atoms with van der Waals surface area (Å²) < 4.78 is 5.37. The van der Waals surface area contributed by atoms with Crippen molar-refractivity contribution in [3.05, 3.63) is 0 Å². The summed E-state index contributed by atoms with van der Waals surface area (Å²) in [6.45, 7) is 6.88. The van der Waals surface area contributed by atoms with Gasteiger partial charge in [0.25, 0.3) is 0 Å². The van der Waals surface area contributed by atoms with Crippen LogP contribution in [0.25, 0.3) is 0 Å². The van der Waals surface area contributed by atoms with Gasteiger partial charge >= 0.3 is 0 Å². The zero-order valence-electron chi connectivity index (χ0n) is 14.7. The molecule has 2 aliphatic rings. The first kappa shape index (κ1) is 21.0. The Bertz CT molecular complexity index is 316. The second-order valence-electron chi connectivity index (χ2n) is 6.53. The van der Waals surface area contributed by atoms with E-state index in [0.717, 1.165) is 57.8 Å². The first-order valence-corrected chi connectivity index (χ1v) is 9.13. The Balaban J connectivity index is 0.00000264. The molecular weight excluding hydrogens is 403 g/mol. The zero-order valence-corrected chi connectivity index (χ0v) is 17.0. The Morgan fingerprint density at radius 3 is 2.48 bits per heavy atom. The number of rotatable bonds is 7. The Morgan fingerprint density at radius 1 is 1.09 bits per heavy atom. The monoisotopic (exact) mass is 438 g/mol. The normalized spacial score (nSPS) is 20.8. The van der Waals surface area contributed by atoms with Crippen LogP contribution in [0.2, 0.25) is 0 Å². The predicted molar refractivity (Wildman–Crippen MR) is 108 cm³/mol. The molecule has 1 heterocycles. The third kappa shape index (κ3) is 9.10. The minimum atomic E-state index is 0. The van der Waals surface area contributed by atoms with E-state index in [1.807, 2.05) is 7.05 Å². The van der Waals surface area contributed by atoms with Gasteiger partial charge in [0.05, 0.1) is 13.2 Å². The van der Waals surface area contributed by atoms with Crippen LogP contribution in [0.15, 0.2) is 4.99 Å². The summed E-state index contributed by atoms with van der Waals surface area (Å²) in [4.78, 5) is 6.74. The molecule has 0 atom stereocenters. The number of hydrogen-bond donors (Lipinski definition) is 2. The Labute approximate surface area is 159 Å². The molecule has 23 heavy (non-hydrogen) atoms. The van der Waals surface area contributed by atoms with Crippen LogP contribution in [0.3, 0.4) is 0 Å². The minimum absolute atomic E-state index is 0. The summed E-state index contributed by atoms with van der Waals surface area (Å²) >= 11 is 0. The zero-order chi connectivity index (χ0) is 15.5. The number of aliphatic imine (C=N–C) groups is 1. The lowest BCUT2D eigenvalue weighted by Crippen LogP contribution is -2.44. The molecule has 0 amide bonds. The van der Waals surface area contributed by atoms with Gasteiger partial charge in [-0.3, -0.25) is 9.89 Å². The fourth-order valence-corrected chi connectivity index (χ4v) is 3.45. The number of guanidine groups is 1. The van der Waals surface area contributed by atoms with Crippen molar-refractivity contribution in [3.8, 4) is 0 Å². The SMILES string of the molecule is CN=C(NCCCC1CCCCC1)NCCN1CCOCC1.I. The lowest BCUT2D eigenvalue weighted by molar-refractivity contribution is 0.0389. The molecule has 2 N–H and O–H groups in total. The van der Waals surface area contributed by atoms with E-state index in [-0.39, 0.29) is 24.0 Å². The minimum Gasteiger partial charge on any atom is -0.379 e. The Morgan fingerprint density at radius 2 is 1.78 bits per heavy atom. The summed E-state index contributed by atoms with van der Waals surface area (Å²) in [5.74, 6) is 1.92. The average molecular weight is 438 g/mol. The molecule has 2 rings (SSSR count). The number of nitrogens with one attached hydrogen (secondary N) is 2. The maximum Gasteiger partial charge on any atom is 0.191 e. The quantitative estimate of drug-likeness (QED) is 0.278. The molecule has 0 radical (unpaired) electrons. The highest BCUT2D eigenvalue weighted by atomic mass is 127. The van der Waals surface area contributed by atoms with Gasteiger partial charge in [0.1, 0.15) is 0 Å². The standard InChI is InChI=1S/C17H34N4O.HI/c1-18-17(20-10-11-21-12-14-22-15-13-21)19-9-5-8-16-6-3-2-4-7-16;/h16H,2-15H2,1H3,(H2,18,19,20);1H. The van der Waals surface area contributed by atoms with E-state index in [4.69, 9.17) is 4.74 Å². The van der Waals surface area contributed by atoms with E-state index in [2.05, 4.69) is 20.5 Å². The summed E-state index contributed by atoms with van der Waals surface area (Å²) in [6.07, 6.45) is 9.88. The van der Waals surface area contributed by atoms with Gasteiger partial charge in [0, 0.05) is 39.8 Å². The topological polar surface area (TPSA) is 48.9 Å². The molecule has 136 valence electrons. The van der Waals surface area contributed by atoms with Gasteiger partial charge in [0.2, 0.25) is 0 Å².